The minimum absolute atomic E-state index is 0.0295. The highest BCUT2D eigenvalue weighted by Crippen LogP contribution is 2.24. The molecule has 1 aliphatic rings. The Kier molecular flexibility index (Phi) is 4.80. The molecular formula is C14H18ClNO3. The van der Waals surface area contributed by atoms with Crippen molar-refractivity contribution in [3.63, 3.8) is 0 Å². The van der Waals surface area contributed by atoms with Crippen molar-refractivity contribution in [2.24, 2.45) is 0 Å². The van der Waals surface area contributed by atoms with Gasteiger partial charge in [0.05, 0.1) is 19.8 Å². The van der Waals surface area contributed by atoms with Gasteiger partial charge in [-0.25, -0.2) is 0 Å². The molecule has 0 aromatic heterocycles. The zero-order chi connectivity index (χ0) is 13.8. The quantitative estimate of drug-likeness (QED) is 0.798. The number of hydrogen-bond donors (Lipinski definition) is 0. The van der Waals surface area contributed by atoms with Gasteiger partial charge in [0.25, 0.3) is 0 Å². The van der Waals surface area contributed by atoms with Crippen LogP contribution in [0.5, 0.6) is 0 Å². The Morgan fingerprint density at radius 2 is 2.16 bits per heavy atom. The van der Waals surface area contributed by atoms with E-state index in [2.05, 4.69) is 4.90 Å². The summed E-state index contributed by atoms with van der Waals surface area (Å²) in [6, 6.07) is 7.37. The molecule has 1 aromatic rings. The predicted octanol–water partition coefficient (Wildman–Crippen LogP) is 2.27. The maximum absolute atomic E-state index is 11.6. The molecule has 0 aliphatic carbocycles. The number of esters is 1. The lowest BCUT2D eigenvalue weighted by Crippen LogP contribution is -2.47. The van der Waals surface area contributed by atoms with Crippen LogP contribution in [-0.2, 0) is 14.3 Å². The Hall–Kier alpha value is -1.10. The number of hydrogen-bond acceptors (Lipinski definition) is 4. The molecule has 1 saturated heterocycles. The molecule has 2 atom stereocenters. The number of ether oxygens (including phenoxy) is 2. The number of carbonyl (C=O) groups excluding carboxylic acids is 1. The topological polar surface area (TPSA) is 38.8 Å². The average Bonchev–Trinajstić information content (AvgIpc) is 2.46. The first kappa shape index (κ1) is 14.3. The first-order chi connectivity index (χ1) is 9.11. The van der Waals surface area contributed by atoms with E-state index in [1.54, 1.807) is 0 Å². The third-order valence-corrected chi connectivity index (χ3v) is 3.68. The fraction of sp³-hybridized carbons (Fsp3) is 0.500. The molecule has 0 radical (unpaired) electrons. The molecular weight excluding hydrogens is 266 g/mol. The van der Waals surface area contributed by atoms with Crippen molar-refractivity contribution in [3.8, 4) is 0 Å². The largest absolute Gasteiger partial charge is 0.468 e. The van der Waals surface area contributed by atoms with Gasteiger partial charge in [-0.1, -0.05) is 23.7 Å². The van der Waals surface area contributed by atoms with Crippen LogP contribution in [0.15, 0.2) is 24.3 Å². The summed E-state index contributed by atoms with van der Waals surface area (Å²) >= 11 is 5.88. The van der Waals surface area contributed by atoms with Gasteiger partial charge in [-0.2, -0.15) is 0 Å². The summed E-state index contributed by atoms with van der Waals surface area (Å²) in [5.74, 6) is -0.211. The summed E-state index contributed by atoms with van der Waals surface area (Å²) < 4.78 is 10.5. The maximum Gasteiger partial charge on any atom is 0.322 e. The van der Waals surface area contributed by atoms with Crippen LogP contribution in [0, 0.1) is 0 Å². The molecule has 2 rings (SSSR count). The Morgan fingerprint density at radius 3 is 2.79 bits per heavy atom. The summed E-state index contributed by atoms with van der Waals surface area (Å²) in [5, 5.41) is 0.708. The molecule has 1 aromatic carbocycles. The lowest BCUT2D eigenvalue weighted by atomic mass is 10.1. The monoisotopic (exact) mass is 283 g/mol. The van der Waals surface area contributed by atoms with E-state index in [0.717, 1.165) is 12.1 Å². The zero-order valence-electron chi connectivity index (χ0n) is 11.1. The van der Waals surface area contributed by atoms with Crippen LogP contribution in [0.1, 0.15) is 18.6 Å². The van der Waals surface area contributed by atoms with E-state index < -0.39 is 0 Å². The first-order valence-electron chi connectivity index (χ1n) is 6.30. The highest BCUT2D eigenvalue weighted by atomic mass is 35.5. The highest BCUT2D eigenvalue weighted by molar-refractivity contribution is 6.30. The van der Waals surface area contributed by atoms with E-state index in [0.29, 0.717) is 18.2 Å². The Labute approximate surface area is 118 Å². The molecule has 0 amide bonds. The number of nitrogens with zero attached hydrogens (tertiary/aromatic N) is 1. The van der Waals surface area contributed by atoms with Crippen molar-refractivity contribution in [2.75, 3.05) is 26.8 Å². The van der Waals surface area contributed by atoms with E-state index in [1.165, 1.54) is 7.11 Å². The van der Waals surface area contributed by atoms with Gasteiger partial charge >= 0.3 is 5.97 Å². The van der Waals surface area contributed by atoms with Crippen LogP contribution < -0.4 is 0 Å². The minimum Gasteiger partial charge on any atom is -0.468 e. The molecule has 104 valence electrons. The van der Waals surface area contributed by atoms with Gasteiger partial charge in [0.2, 0.25) is 0 Å². The normalized spacial score (nSPS) is 21.9. The van der Waals surface area contributed by atoms with Crippen LogP contribution >= 0.6 is 11.6 Å². The van der Waals surface area contributed by atoms with Gasteiger partial charge in [-0.3, -0.25) is 9.69 Å². The van der Waals surface area contributed by atoms with Gasteiger partial charge < -0.3 is 9.47 Å². The van der Waals surface area contributed by atoms with Crippen molar-refractivity contribution in [3.05, 3.63) is 34.9 Å². The lowest BCUT2D eigenvalue weighted by molar-refractivity contribution is -0.149. The van der Waals surface area contributed by atoms with Crippen LogP contribution in [-0.4, -0.2) is 43.7 Å². The van der Waals surface area contributed by atoms with E-state index in [4.69, 9.17) is 21.1 Å². The number of methoxy groups -OCH3 is 1. The first-order valence-corrected chi connectivity index (χ1v) is 6.68. The summed E-state index contributed by atoms with van der Waals surface area (Å²) in [4.78, 5) is 13.7. The third-order valence-electron chi connectivity index (χ3n) is 3.43. The molecule has 19 heavy (non-hydrogen) atoms. The summed E-state index contributed by atoms with van der Waals surface area (Å²) in [7, 11) is 1.41. The van der Waals surface area contributed by atoms with Gasteiger partial charge in [0.15, 0.2) is 0 Å². The molecule has 5 heteroatoms. The van der Waals surface area contributed by atoms with E-state index in [-0.39, 0.29) is 18.1 Å². The second-order valence-corrected chi connectivity index (χ2v) is 5.04. The smallest absolute Gasteiger partial charge is 0.322 e. The fourth-order valence-electron chi connectivity index (χ4n) is 2.22. The Morgan fingerprint density at radius 1 is 1.47 bits per heavy atom. The average molecular weight is 284 g/mol. The van der Waals surface area contributed by atoms with Crippen molar-refractivity contribution < 1.29 is 14.3 Å². The molecule has 1 heterocycles. The third kappa shape index (κ3) is 3.47. The molecule has 0 spiro atoms. The van der Waals surface area contributed by atoms with Crippen molar-refractivity contribution in [2.45, 2.75) is 19.1 Å². The van der Waals surface area contributed by atoms with Gasteiger partial charge in [0.1, 0.15) is 6.04 Å². The lowest BCUT2D eigenvalue weighted by Gasteiger charge is -2.35. The summed E-state index contributed by atoms with van der Waals surface area (Å²) in [6.45, 7) is 3.88. The van der Waals surface area contributed by atoms with Crippen LogP contribution in [0.4, 0.5) is 0 Å². The molecule has 1 fully saturated rings. The number of morpholine rings is 1. The van der Waals surface area contributed by atoms with Gasteiger partial charge in [0, 0.05) is 18.1 Å². The Bertz CT molecular complexity index is 435. The van der Waals surface area contributed by atoms with E-state index in [9.17, 15) is 4.79 Å². The zero-order valence-corrected chi connectivity index (χ0v) is 11.9. The van der Waals surface area contributed by atoms with Crippen molar-refractivity contribution in [1.82, 2.24) is 4.90 Å². The Balaban J connectivity index is 2.04. The number of carbonyl (C=O) groups is 1. The standard InChI is InChI=1S/C14H18ClNO3/c1-10(14(17)18-2)16-7-8-19-13(9-16)11-3-5-12(15)6-4-11/h3-6,10,13H,7-9H2,1-2H3/t10-,13-/m0/s1. The second kappa shape index (κ2) is 6.37. The van der Waals surface area contributed by atoms with Crippen molar-refractivity contribution in [1.29, 1.82) is 0 Å². The molecule has 1 aliphatic heterocycles. The molecule has 0 bridgehead atoms. The van der Waals surface area contributed by atoms with Crippen LogP contribution in [0.3, 0.4) is 0 Å². The summed E-state index contributed by atoms with van der Waals surface area (Å²) in [6.07, 6.45) is -0.0295. The molecule has 0 saturated carbocycles. The second-order valence-electron chi connectivity index (χ2n) is 4.61. The number of rotatable bonds is 3. The SMILES string of the molecule is COC(=O)[C@H](C)N1CCO[C@H](c2ccc(Cl)cc2)C1. The molecule has 0 N–H and O–H groups in total. The molecule has 4 nitrogen and oxygen atoms in total. The highest BCUT2D eigenvalue weighted by Gasteiger charge is 2.29. The van der Waals surface area contributed by atoms with Crippen LogP contribution in [0.25, 0.3) is 0 Å². The maximum atomic E-state index is 11.6. The molecule has 0 unspecified atom stereocenters. The number of benzene rings is 1. The fourth-order valence-corrected chi connectivity index (χ4v) is 2.35. The van der Waals surface area contributed by atoms with E-state index in [1.807, 2.05) is 31.2 Å². The van der Waals surface area contributed by atoms with Gasteiger partial charge in [-0.15, -0.1) is 0 Å². The van der Waals surface area contributed by atoms with Gasteiger partial charge in [-0.05, 0) is 24.6 Å². The number of halogens is 1. The summed E-state index contributed by atoms with van der Waals surface area (Å²) in [5.41, 5.74) is 1.08. The van der Waals surface area contributed by atoms with Crippen molar-refractivity contribution >= 4 is 17.6 Å². The van der Waals surface area contributed by atoms with E-state index >= 15 is 0 Å². The minimum atomic E-state index is -0.247. The van der Waals surface area contributed by atoms with Crippen LogP contribution in [0.2, 0.25) is 5.02 Å². The predicted molar refractivity (Wildman–Crippen MR) is 73.2 cm³/mol.